The number of nitrogens with zero attached hydrogens (tertiary/aromatic N) is 1. The molecule has 0 saturated carbocycles. The monoisotopic (exact) mass is 266 g/mol. The van der Waals surface area contributed by atoms with Crippen LogP contribution in [0.4, 0.5) is 0 Å². The first-order valence-electron chi connectivity index (χ1n) is 6.67. The summed E-state index contributed by atoms with van der Waals surface area (Å²) in [6, 6.07) is 8.59. The maximum absolute atomic E-state index is 6.36. The molecule has 0 bridgehead atoms. The largest absolute Gasteiger partial charge is 0.326 e. The highest BCUT2D eigenvalue weighted by atomic mass is 35.5. The first-order valence-corrected chi connectivity index (χ1v) is 7.05. The molecule has 0 radical (unpaired) electrons. The maximum Gasteiger partial charge on any atom is 0.0504 e. The Balaban J connectivity index is 2.36. The van der Waals surface area contributed by atoms with Crippen molar-refractivity contribution in [3.8, 4) is 0 Å². The van der Waals surface area contributed by atoms with Gasteiger partial charge in [-0.3, -0.25) is 4.90 Å². The molecule has 1 heterocycles. The lowest BCUT2D eigenvalue weighted by Crippen LogP contribution is -2.53. The van der Waals surface area contributed by atoms with Crippen molar-refractivity contribution in [2.24, 2.45) is 5.73 Å². The van der Waals surface area contributed by atoms with Crippen molar-refractivity contribution < 1.29 is 0 Å². The summed E-state index contributed by atoms with van der Waals surface area (Å²) in [6.45, 7) is 7.86. The van der Waals surface area contributed by atoms with E-state index in [0.717, 1.165) is 18.0 Å². The van der Waals surface area contributed by atoms with Gasteiger partial charge in [-0.15, -0.1) is 0 Å². The number of nitrogens with two attached hydrogens (primary N) is 1. The topological polar surface area (TPSA) is 29.3 Å². The molecule has 0 spiro atoms. The van der Waals surface area contributed by atoms with Crippen LogP contribution in [0.5, 0.6) is 0 Å². The summed E-state index contributed by atoms with van der Waals surface area (Å²) in [5.41, 5.74) is 7.73. The molecule has 1 aliphatic heterocycles. The van der Waals surface area contributed by atoms with E-state index in [9.17, 15) is 0 Å². The maximum atomic E-state index is 6.36. The molecule has 2 nitrogen and oxygen atoms in total. The Morgan fingerprint density at radius 3 is 2.67 bits per heavy atom. The standard InChI is InChI=1S/C15H23ClN2/c1-15(2,3)18-9-5-8-13(17)14(18)11-6-4-7-12(16)10-11/h4,6-7,10,13-14H,5,8-9,17H2,1-3H3. The highest BCUT2D eigenvalue weighted by Crippen LogP contribution is 2.36. The van der Waals surface area contributed by atoms with Gasteiger partial charge in [0.05, 0.1) is 6.04 Å². The highest BCUT2D eigenvalue weighted by molar-refractivity contribution is 6.30. The molecule has 0 amide bonds. The van der Waals surface area contributed by atoms with Crippen LogP contribution < -0.4 is 5.73 Å². The van der Waals surface area contributed by atoms with Gasteiger partial charge in [-0.25, -0.2) is 0 Å². The number of halogens is 1. The van der Waals surface area contributed by atoms with Gasteiger partial charge in [0.15, 0.2) is 0 Å². The van der Waals surface area contributed by atoms with Crippen molar-refractivity contribution in [3.63, 3.8) is 0 Å². The summed E-state index contributed by atoms with van der Waals surface area (Å²) in [5, 5.41) is 0.791. The van der Waals surface area contributed by atoms with Crippen LogP contribution in [0, 0.1) is 0 Å². The molecule has 2 atom stereocenters. The van der Waals surface area contributed by atoms with Crippen LogP contribution in [0.3, 0.4) is 0 Å². The first kappa shape index (κ1) is 13.9. The lowest BCUT2D eigenvalue weighted by atomic mass is 9.87. The first-order chi connectivity index (χ1) is 8.39. The van der Waals surface area contributed by atoms with E-state index < -0.39 is 0 Å². The zero-order valence-electron chi connectivity index (χ0n) is 11.5. The number of likely N-dealkylation sites (tertiary alicyclic amines) is 1. The second kappa shape index (κ2) is 5.20. The Kier molecular flexibility index (Phi) is 4.00. The van der Waals surface area contributed by atoms with Gasteiger partial charge in [0.2, 0.25) is 0 Å². The quantitative estimate of drug-likeness (QED) is 0.842. The van der Waals surface area contributed by atoms with Gasteiger partial charge in [-0.05, 0) is 57.9 Å². The SMILES string of the molecule is CC(C)(C)N1CCCC(N)C1c1cccc(Cl)c1. The van der Waals surface area contributed by atoms with E-state index in [-0.39, 0.29) is 17.6 Å². The Hall–Kier alpha value is -0.570. The molecule has 1 saturated heterocycles. The molecule has 18 heavy (non-hydrogen) atoms. The molecular formula is C15H23ClN2. The average molecular weight is 267 g/mol. The molecule has 100 valence electrons. The van der Waals surface area contributed by atoms with E-state index >= 15 is 0 Å². The zero-order chi connectivity index (χ0) is 13.3. The highest BCUT2D eigenvalue weighted by Gasteiger charge is 2.36. The van der Waals surface area contributed by atoms with E-state index in [0.29, 0.717) is 0 Å². The van der Waals surface area contributed by atoms with E-state index in [1.54, 1.807) is 0 Å². The van der Waals surface area contributed by atoms with Gasteiger partial charge >= 0.3 is 0 Å². The van der Waals surface area contributed by atoms with Crippen molar-refractivity contribution in [1.82, 2.24) is 4.90 Å². The van der Waals surface area contributed by atoms with Crippen molar-refractivity contribution in [2.75, 3.05) is 6.54 Å². The second-order valence-electron chi connectivity index (χ2n) is 6.17. The van der Waals surface area contributed by atoms with Gasteiger partial charge in [0.1, 0.15) is 0 Å². The van der Waals surface area contributed by atoms with Gasteiger partial charge in [0, 0.05) is 16.6 Å². The predicted molar refractivity (Wildman–Crippen MR) is 77.9 cm³/mol. The fourth-order valence-electron chi connectivity index (χ4n) is 2.90. The molecular weight excluding hydrogens is 244 g/mol. The lowest BCUT2D eigenvalue weighted by Gasteiger charge is -2.47. The Labute approximate surface area is 115 Å². The third-order valence-corrected chi connectivity index (χ3v) is 3.96. The van der Waals surface area contributed by atoms with E-state index in [4.69, 9.17) is 17.3 Å². The molecule has 0 aliphatic carbocycles. The lowest BCUT2D eigenvalue weighted by molar-refractivity contribution is 0.0384. The Morgan fingerprint density at radius 2 is 2.06 bits per heavy atom. The average Bonchev–Trinajstić information content (AvgIpc) is 2.27. The summed E-state index contributed by atoms with van der Waals surface area (Å²) < 4.78 is 0. The van der Waals surface area contributed by atoms with Crippen LogP contribution in [0.2, 0.25) is 5.02 Å². The van der Waals surface area contributed by atoms with Gasteiger partial charge in [0.25, 0.3) is 0 Å². The summed E-state index contributed by atoms with van der Waals surface area (Å²) >= 11 is 6.11. The van der Waals surface area contributed by atoms with Crippen LogP contribution in [0.15, 0.2) is 24.3 Å². The Bertz CT molecular complexity index is 411. The van der Waals surface area contributed by atoms with Crippen LogP contribution in [0.1, 0.15) is 45.2 Å². The number of hydrogen-bond acceptors (Lipinski definition) is 2. The molecule has 3 heteroatoms. The zero-order valence-corrected chi connectivity index (χ0v) is 12.2. The number of piperidine rings is 1. The number of benzene rings is 1. The van der Waals surface area contributed by atoms with Crippen LogP contribution >= 0.6 is 11.6 Å². The summed E-state index contributed by atoms with van der Waals surface area (Å²) in [6.07, 6.45) is 2.26. The van der Waals surface area contributed by atoms with E-state index in [1.807, 2.05) is 12.1 Å². The minimum Gasteiger partial charge on any atom is -0.326 e. The van der Waals surface area contributed by atoms with Gasteiger partial charge < -0.3 is 5.73 Å². The number of rotatable bonds is 1. The molecule has 2 unspecified atom stereocenters. The summed E-state index contributed by atoms with van der Waals surface area (Å²) in [7, 11) is 0. The van der Waals surface area contributed by atoms with Crippen molar-refractivity contribution in [2.45, 2.75) is 51.2 Å². The van der Waals surface area contributed by atoms with Crippen LogP contribution in [-0.2, 0) is 0 Å². The van der Waals surface area contributed by atoms with E-state index in [2.05, 4.69) is 37.8 Å². The predicted octanol–water partition coefficient (Wildman–Crippen LogP) is 3.60. The fourth-order valence-corrected chi connectivity index (χ4v) is 3.09. The molecule has 1 aromatic rings. The van der Waals surface area contributed by atoms with Crippen molar-refractivity contribution in [3.05, 3.63) is 34.9 Å². The van der Waals surface area contributed by atoms with Crippen LogP contribution in [-0.4, -0.2) is 23.0 Å². The number of hydrogen-bond donors (Lipinski definition) is 1. The van der Waals surface area contributed by atoms with E-state index in [1.165, 1.54) is 12.0 Å². The summed E-state index contributed by atoms with van der Waals surface area (Å²) in [4.78, 5) is 2.51. The summed E-state index contributed by atoms with van der Waals surface area (Å²) in [5.74, 6) is 0. The third-order valence-electron chi connectivity index (χ3n) is 3.73. The van der Waals surface area contributed by atoms with Crippen molar-refractivity contribution in [1.29, 1.82) is 0 Å². The van der Waals surface area contributed by atoms with Crippen molar-refractivity contribution >= 4 is 11.6 Å². The third kappa shape index (κ3) is 2.87. The minimum atomic E-state index is 0.130. The second-order valence-corrected chi connectivity index (χ2v) is 6.61. The van der Waals surface area contributed by atoms with Gasteiger partial charge in [-0.2, -0.15) is 0 Å². The molecule has 0 aromatic heterocycles. The smallest absolute Gasteiger partial charge is 0.0504 e. The molecule has 1 aromatic carbocycles. The normalized spacial score (nSPS) is 26.3. The minimum absolute atomic E-state index is 0.130. The Morgan fingerprint density at radius 1 is 1.33 bits per heavy atom. The molecule has 2 N–H and O–H groups in total. The molecule has 1 fully saturated rings. The fraction of sp³-hybridized carbons (Fsp3) is 0.600. The molecule has 2 rings (SSSR count). The van der Waals surface area contributed by atoms with Crippen LogP contribution in [0.25, 0.3) is 0 Å². The van der Waals surface area contributed by atoms with Gasteiger partial charge in [-0.1, -0.05) is 23.7 Å². The molecule has 1 aliphatic rings.